The number of halogens is 1. The first-order chi connectivity index (χ1) is 9.74. The molecule has 0 aromatic heterocycles. The zero-order valence-corrected chi connectivity index (χ0v) is 14.4. The number of benzene rings is 1. The van der Waals surface area contributed by atoms with Gasteiger partial charge in [0, 0.05) is 3.92 Å². The van der Waals surface area contributed by atoms with Crippen LogP contribution in [-0.4, -0.2) is 30.9 Å². The molecule has 112 valence electrons. The summed E-state index contributed by atoms with van der Waals surface area (Å²) in [4.78, 5) is 0. The zero-order chi connectivity index (χ0) is 14.4. The van der Waals surface area contributed by atoms with Gasteiger partial charge < -0.3 is 14.2 Å². The van der Waals surface area contributed by atoms with Gasteiger partial charge in [0.2, 0.25) is 0 Å². The molecule has 2 rings (SSSR count). The van der Waals surface area contributed by atoms with Crippen molar-refractivity contribution in [2.24, 2.45) is 0 Å². The van der Waals surface area contributed by atoms with Crippen LogP contribution in [0.5, 0.6) is 11.5 Å². The fourth-order valence-electron chi connectivity index (χ4n) is 2.60. The SMILES string of the molecule is COc1ccc(CCO[C@@H]2CCCC[C@H]2I)cc1OC. The summed E-state index contributed by atoms with van der Waals surface area (Å²) in [5.74, 6) is 1.56. The van der Waals surface area contributed by atoms with Gasteiger partial charge in [0.25, 0.3) is 0 Å². The molecule has 0 N–H and O–H groups in total. The lowest BCUT2D eigenvalue weighted by atomic mass is 9.98. The first kappa shape index (κ1) is 15.9. The Morgan fingerprint density at radius 2 is 1.85 bits per heavy atom. The Bertz CT molecular complexity index is 422. The first-order valence-corrected chi connectivity index (χ1v) is 8.45. The van der Waals surface area contributed by atoms with E-state index >= 15 is 0 Å². The molecule has 4 heteroatoms. The van der Waals surface area contributed by atoms with Crippen LogP contribution in [0.15, 0.2) is 18.2 Å². The molecule has 1 aromatic rings. The van der Waals surface area contributed by atoms with Crippen molar-refractivity contribution < 1.29 is 14.2 Å². The fourth-order valence-corrected chi connectivity index (χ4v) is 3.61. The molecule has 0 aliphatic heterocycles. The number of rotatable bonds is 6. The zero-order valence-electron chi connectivity index (χ0n) is 12.2. The van der Waals surface area contributed by atoms with Crippen molar-refractivity contribution >= 4 is 22.6 Å². The Kier molecular flexibility index (Phi) is 6.42. The van der Waals surface area contributed by atoms with E-state index in [1.807, 2.05) is 12.1 Å². The predicted molar refractivity (Wildman–Crippen MR) is 89.3 cm³/mol. The van der Waals surface area contributed by atoms with Gasteiger partial charge in [0.05, 0.1) is 26.9 Å². The Morgan fingerprint density at radius 3 is 2.55 bits per heavy atom. The van der Waals surface area contributed by atoms with Crippen LogP contribution in [0.25, 0.3) is 0 Å². The highest BCUT2D eigenvalue weighted by atomic mass is 127. The molecular weight excluding hydrogens is 367 g/mol. The maximum Gasteiger partial charge on any atom is 0.160 e. The van der Waals surface area contributed by atoms with Crippen LogP contribution in [0.2, 0.25) is 0 Å². The third-order valence-electron chi connectivity index (χ3n) is 3.79. The highest BCUT2D eigenvalue weighted by molar-refractivity contribution is 14.1. The highest BCUT2D eigenvalue weighted by Gasteiger charge is 2.22. The van der Waals surface area contributed by atoms with Crippen molar-refractivity contribution in [3.8, 4) is 11.5 Å². The number of hydrogen-bond acceptors (Lipinski definition) is 3. The molecule has 2 atom stereocenters. The largest absolute Gasteiger partial charge is 0.493 e. The van der Waals surface area contributed by atoms with Crippen molar-refractivity contribution in [2.75, 3.05) is 20.8 Å². The summed E-state index contributed by atoms with van der Waals surface area (Å²) in [6.45, 7) is 0.777. The van der Waals surface area contributed by atoms with Gasteiger partial charge in [-0.05, 0) is 37.0 Å². The number of hydrogen-bond donors (Lipinski definition) is 0. The molecule has 3 nitrogen and oxygen atoms in total. The third kappa shape index (κ3) is 4.25. The molecule has 1 saturated carbocycles. The number of methoxy groups -OCH3 is 2. The third-order valence-corrected chi connectivity index (χ3v) is 5.22. The Labute approximate surface area is 135 Å². The summed E-state index contributed by atoms with van der Waals surface area (Å²) in [7, 11) is 3.32. The topological polar surface area (TPSA) is 27.7 Å². The summed E-state index contributed by atoms with van der Waals surface area (Å²) in [5.41, 5.74) is 1.23. The predicted octanol–water partition coefficient (Wildman–Crippen LogP) is 4.01. The summed E-state index contributed by atoms with van der Waals surface area (Å²) >= 11 is 2.53. The average molecular weight is 390 g/mol. The molecule has 0 bridgehead atoms. The molecule has 1 aliphatic rings. The monoisotopic (exact) mass is 390 g/mol. The fraction of sp³-hybridized carbons (Fsp3) is 0.625. The lowest BCUT2D eigenvalue weighted by Gasteiger charge is -2.27. The van der Waals surface area contributed by atoms with E-state index in [0.717, 1.165) is 24.5 Å². The van der Waals surface area contributed by atoms with Crippen LogP contribution in [0.4, 0.5) is 0 Å². The van der Waals surface area contributed by atoms with Crippen LogP contribution in [0.1, 0.15) is 31.2 Å². The summed E-state index contributed by atoms with van der Waals surface area (Å²) < 4.78 is 17.3. The molecule has 1 fully saturated rings. The second kappa shape index (κ2) is 8.08. The molecule has 0 saturated heterocycles. The maximum absolute atomic E-state index is 6.05. The van der Waals surface area contributed by atoms with E-state index in [9.17, 15) is 0 Å². The van der Waals surface area contributed by atoms with E-state index in [0.29, 0.717) is 10.0 Å². The molecular formula is C16H23IO3. The normalized spacial score (nSPS) is 22.6. The summed E-state index contributed by atoms with van der Waals surface area (Å²) in [6, 6.07) is 6.06. The van der Waals surface area contributed by atoms with Gasteiger partial charge >= 0.3 is 0 Å². The van der Waals surface area contributed by atoms with Gasteiger partial charge in [-0.1, -0.05) is 41.5 Å². The molecule has 1 aromatic carbocycles. The molecule has 0 unspecified atom stereocenters. The van der Waals surface area contributed by atoms with E-state index in [1.165, 1.54) is 31.2 Å². The average Bonchev–Trinajstić information content (AvgIpc) is 2.49. The van der Waals surface area contributed by atoms with Crippen LogP contribution in [0, 0.1) is 0 Å². The van der Waals surface area contributed by atoms with Crippen molar-refractivity contribution in [3.63, 3.8) is 0 Å². The minimum absolute atomic E-state index is 0.435. The van der Waals surface area contributed by atoms with Crippen molar-refractivity contribution in [1.29, 1.82) is 0 Å². The van der Waals surface area contributed by atoms with Crippen molar-refractivity contribution in [3.05, 3.63) is 23.8 Å². The van der Waals surface area contributed by atoms with E-state index in [2.05, 4.69) is 28.7 Å². The van der Waals surface area contributed by atoms with Crippen LogP contribution in [-0.2, 0) is 11.2 Å². The standard InChI is InChI=1S/C16H23IO3/c1-18-15-8-7-12(11-16(15)19-2)9-10-20-14-6-4-3-5-13(14)17/h7-8,11,13-14H,3-6,9-10H2,1-2H3/t13-,14-/m1/s1. The van der Waals surface area contributed by atoms with Crippen molar-refractivity contribution in [1.82, 2.24) is 0 Å². The van der Waals surface area contributed by atoms with E-state index < -0.39 is 0 Å². The van der Waals surface area contributed by atoms with Gasteiger partial charge in [0.15, 0.2) is 11.5 Å². The van der Waals surface area contributed by atoms with Crippen LogP contribution >= 0.6 is 22.6 Å². The highest BCUT2D eigenvalue weighted by Crippen LogP contribution is 2.29. The minimum Gasteiger partial charge on any atom is -0.493 e. The number of ether oxygens (including phenoxy) is 3. The number of alkyl halides is 1. The molecule has 0 radical (unpaired) electrons. The van der Waals surface area contributed by atoms with Crippen LogP contribution < -0.4 is 9.47 Å². The lowest BCUT2D eigenvalue weighted by Crippen LogP contribution is -2.28. The minimum atomic E-state index is 0.435. The lowest BCUT2D eigenvalue weighted by molar-refractivity contribution is 0.0383. The van der Waals surface area contributed by atoms with Gasteiger partial charge in [-0.2, -0.15) is 0 Å². The van der Waals surface area contributed by atoms with Gasteiger partial charge in [-0.15, -0.1) is 0 Å². The Hall–Kier alpha value is -0.490. The summed E-state index contributed by atoms with van der Waals surface area (Å²) in [6.07, 6.45) is 6.51. The van der Waals surface area contributed by atoms with Gasteiger partial charge in [-0.3, -0.25) is 0 Å². The Balaban J connectivity index is 1.84. The quantitative estimate of drug-likeness (QED) is 0.543. The second-order valence-corrected chi connectivity index (χ2v) is 6.75. The van der Waals surface area contributed by atoms with Crippen molar-refractivity contribution in [2.45, 2.75) is 42.1 Å². The first-order valence-electron chi connectivity index (χ1n) is 7.21. The van der Waals surface area contributed by atoms with E-state index in [-0.39, 0.29) is 0 Å². The van der Waals surface area contributed by atoms with E-state index in [1.54, 1.807) is 14.2 Å². The smallest absolute Gasteiger partial charge is 0.160 e. The molecule has 0 amide bonds. The van der Waals surface area contributed by atoms with Gasteiger partial charge in [-0.25, -0.2) is 0 Å². The second-order valence-electron chi connectivity index (χ2n) is 5.15. The van der Waals surface area contributed by atoms with Crippen LogP contribution in [0.3, 0.4) is 0 Å². The summed E-state index contributed by atoms with van der Waals surface area (Å²) in [5, 5.41) is 0. The molecule has 20 heavy (non-hydrogen) atoms. The Morgan fingerprint density at radius 1 is 1.10 bits per heavy atom. The maximum atomic E-state index is 6.05. The van der Waals surface area contributed by atoms with Gasteiger partial charge in [0.1, 0.15) is 0 Å². The molecule has 0 spiro atoms. The molecule has 1 aliphatic carbocycles. The van der Waals surface area contributed by atoms with E-state index in [4.69, 9.17) is 14.2 Å². The molecule has 0 heterocycles.